The van der Waals surface area contributed by atoms with Crippen LogP contribution in [0.25, 0.3) is 0 Å². The number of rotatable bonds is 9. The topological polar surface area (TPSA) is 111 Å². The van der Waals surface area contributed by atoms with E-state index in [1.807, 2.05) is 0 Å². The van der Waals surface area contributed by atoms with E-state index in [0.717, 1.165) is 12.8 Å². The normalized spacial score (nSPS) is 17.8. The predicted molar refractivity (Wildman–Crippen MR) is 101 cm³/mol. The van der Waals surface area contributed by atoms with Gasteiger partial charge in [-0.3, -0.25) is 9.59 Å². The summed E-state index contributed by atoms with van der Waals surface area (Å²) >= 11 is 0. The molecule has 9 heteroatoms. The van der Waals surface area contributed by atoms with Gasteiger partial charge in [-0.05, 0) is 40.5 Å². The molecule has 0 spiro atoms. The number of hydrogen-bond donors (Lipinski definition) is 1. The van der Waals surface area contributed by atoms with Crippen molar-refractivity contribution in [1.82, 2.24) is 10.2 Å². The Morgan fingerprint density at radius 1 is 1.18 bits per heavy atom. The van der Waals surface area contributed by atoms with Gasteiger partial charge in [-0.15, -0.1) is 0 Å². The third-order valence-corrected chi connectivity index (χ3v) is 4.19. The van der Waals surface area contributed by atoms with Crippen LogP contribution in [0, 0.1) is 0 Å². The van der Waals surface area contributed by atoms with E-state index in [1.165, 1.54) is 7.11 Å². The van der Waals surface area contributed by atoms with E-state index in [2.05, 4.69) is 10.1 Å². The summed E-state index contributed by atoms with van der Waals surface area (Å²) in [6.45, 7) is 7.59. The van der Waals surface area contributed by atoms with Gasteiger partial charge >= 0.3 is 18.0 Å². The van der Waals surface area contributed by atoms with Gasteiger partial charge in [0, 0.05) is 13.0 Å². The molecular weight excluding hydrogens is 368 g/mol. The average molecular weight is 400 g/mol. The zero-order chi connectivity index (χ0) is 21.3. The van der Waals surface area contributed by atoms with Crippen LogP contribution in [0.3, 0.4) is 0 Å². The van der Waals surface area contributed by atoms with Gasteiger partial charge in [0.1, 0.15) is 5.60 Å². The highest BCUT2D eigenvalue weighted by atomic mass is 16.6. The van der Waals surface area contributed by atoms with Gasteiger partial charge in [0.25, 0.3) is 0 Å². The minimum atomic E-state index is -0.732. The first-order valence-corrected chi connectivity index (χ1v) is 9.51. The number of nitrogens with zero attached hydrogens (tertiary/aromatic N) is 1. The molecule has 1 aliphatic rings. The molecule has 2 atom stereocenters. The summed E-state index contributed by atoms with van der Waals surface area (Å²) in [6, 6.07) is -0.530. The van der Waals surface area contributed by atoms with Gasteiger partial charge < -0.3 is 24.4 Å². The van der Waals surface area contributed by atoms with Crippen molar-refractivity contribution in [2.75, 3.05) is 26.8 Å². The van der Waals surface area contributed by atoms with E-state index in [0.29, 0.717) is 6.54 Å². The molecule has 1 heterocycles. The van der Waals surface area contributed by atoms with Gasteiger partial charge in [0.15, 0.2) is 11.9 Å². The molecule has 0 radical (unpaired) electrons. The average Bonchev–Trinajstić information content (AvgIpc) is 3.09. The molecule has 2 amide bonds. The van der Waals surface area contributed by atoms with E-state index in [-0.39, 0.29) is 43.8 Å². The van der Waals surface area contributed by atoms with Crippen molar-refractivity contribution < 1.29 is 33.4 Å². The SMILES string of the molecule is COC(=O)CCC(=O)CNC(=O)N1CCC[C@H]1COC(C)C(=O)OC(C)(C)C. The maximum absolute atomic E-state index is 12.3. The second kappa shape index (κ2) is 11.0. The standard InChI is InChI=1S/C19H32N2O7/c1-13(17(24)28-19(2,3)4)27-12-14-7-6-10-21(14)18(25)20-11-15(22)8-9-16(23)26-5/h13-14H,6-12H2,1-5H3,(H,20,25)/t13?,14-/m0/s1. The smallest absolute Gasteiger partial charge is 0.335 e. The van der Waals surface area contributed by atoms with E-state index in [4.69, 9.17) is 9.47 Å². The van der Waals surface area contributed by atoms with Crippen LogP contribution < -0.4 is 5.32 Å². The molecule has 0 aromatic heterocycles. The highest BCUT2D eigenvalue weighted by molar-refractivity contribution is 5.87. The number of urea groups is 1. The number of Topliss-reactive ketones (excluding diaryl/α,β-unsaturated/α-hetero) is 1. The van der Waals surface area contributed by atoms with Crippen molar-refractivity contribution in [1.29, 1.82) is 0 Å². The number of methoxy groups -OCH3 is 1. The minimum absolute atomic E-state index is 0.00602. The molecule has 1 aliphatic heterocycles. The second-order valence-corrected chi connectivity index (χ2v) is 7.77. The molecule has 0 aromatic carbocycles. The van der Waals surface area contributed by atoms with Crippen molar-refractivity contribution in [3.63, 3.8) is 0 Å². The molecule has 0 aliphatic carbocycles. The zero-order valence-electron chi connectivity index (χ0n) is 17.4. The first kappa shape index (κ1) is 23.9. The second-order valence-electron chi connectivity index (χ2n) is 7.77. The molecule has 1 unspecified atom stereocenters. The minimum Gasteiger partial charge on any atom is -0.469 e. The fraction of sp³-hybridized carbons (Fsp3) is 0.789. The lowest BCUT2D eigenvalue weighted by atomic mass is 10.2. The molecule has 1 fully saturated rings. The Bertz CT molecular complexity index is 571. The molecule has 1 saturated heterocycles. The summed E-state index contributed by atoms with van der Waals surface area (Å²) in [5.74, 6) is -1.16. The van der Waals surface area contributed by atoms with Crippen LogP contribution >= 0.6 is 0 Å². The highest BCUT2D eigenvalue weighted by Gasteiger charge is 2.31. The van der Waals surface area contributed by atoms with Crippen molar-refractivity contribution in [3.05, 3.63) is 0 Å². The van der Waals surface area contributed by atoms with Crippen LogP contribution in [0.5, 0.6) is 0 Å². The number of nitrogens with one attached hydrogen (secondary N) is 1. The fourth-order valence-corrected chi connectivity index (χ4v) is 2.69. The number of likely N-dealkylation sites (tertiary alicyclic amines) is 1. The number of amides is 2. The summed E-state index contributed by atoms with van der Waals surface area (Å²) < 4.78 is 15.4. The first-order chi connectivity index (χ1) is 13.0. The summed E-state index contributed by atoms with van der Waals surface area (Å²) in [6.07, 6.45) is 0.856. The van der Waals surface area contributed by atoms with Crippen molar-refractivity contribution >= 4 is 23.8 Å². The monoisotopic (exact) mass is 400 g/mol. The Morgan fingerprint density at radius 3 is 2.46 bits per heavy atom. The summed E-state index contributed by atoms with van der Waals surface area (Å²) in [5.41, 5.74) is -0.589. The van der Waals surface area contributed by atoms with E-state index >= 15 is 0 Å². The quantitative estimate of drug-likeness (QED) is 0.583. The number of ketones is 1. The number of hydrogen-bond acceptors (Lipinski definition) is 7. The summed E-state index contributed by atoms with van der Waals surface area (Å²) in [5, 5.41) is 2.58. The molecule has 0 aromatic rings. The van der Waals surface area contributed by atoms with Crippen LogP contribution in [-0.4, -0.2) is 73.2 Å². The van der Waals surface area contributed by atoms with Crippen LogP contribution in [0.4, 0.5) is 4.79 Å². The van der Waals surface area contributed by atoms with Crippen molar-refractivity contribution in [3.8, 4) is 0 Å². The predicted octanol–water partition coefficient (Wildman–Crippen LogP) is 1.43. The molecule has 1 N–H and O–H groups in total. The van der Waals surface area contributed by atoms with Gasteiger partial charge in [0.05, 0.1) is 32.7 Å². The number of carbonyl (C=O) groups is 4. The Balaban J connectivity index is 2.40. The lowest BCUT2D eigenvalue weighted by Crippen LogP contribution is -2.46. The lowest BCUT2D eigenvalue weighted by molar-refractivity contribution is -0.168. The van der Waals surface area contributed by atoms with Crippen LogP contribution in [0.15, 0.2) is 0 Å². The van der Waals surface area contributed by atoms with E-state index < -0.39 is 23.6 Å². The third kappa shape index (κ3) is 8.69. The van der Waals surface area contributed by atoms with Crippen molar-refractivity contribution in [2.24, 2.45) is 0 Å². The number of esters is 2. The highest BCUT2D eigenvalue weighted by Crippen LogP contribution is 2.18. The van der Waals surface area contributed by atoms with Gasteiger partial charge in [-0.25, -0.2) is 9.59 Å². The number of ether oxygens (including phenoxy) is 3. The molecular formula is C19H32N2O7. The van der Waals surface area contributed by atoms with Gasteiger partial charge in [0.2, 0.25) is 0 Å². The zero-order valence-corrected chi connectivity index (χ0v) is 17.4. The number of carbonyl (C=O) groups excluding carboxylic acids is 4. The Hall–Kier alpha value is -2.16. The molecule has 1 rings (SSSR count). The molecule has 0 bridgehead atoms. The maximum Gasteiger partial charge on any atom is 0.335 e. The largest absolute Gasteiger partial charge is 0.469 e. The fourth-order valence-electron chi connectivity index (χ4n) is 2.69. The van der Waals surface area contributed by atoms with Crippen LogP contribution in [0.2, 0.25) is 0 Å². The molecule has 28 heavy (non-hydrogen) atoms. The van der Waals surface area contributed by atoms with Crippen molar-refractivity contribution in [2.45, 2.75) is 71.1 Å². The maximum atomic E-state index is 12.3. The van der Waals surface area contributed by atoms with Crippen LogP contribution in [0.1, 0.15) is 53.4 Å². The van der Waals surface area contributed by atoms with E-state index in [1.54, 1.807) is 32.6 Å². The summed E-state index contributed by atoms with van der Waals surface area (Å²) in [4.78, 5) is 48.7. The van der Waals surface area contributed by atoms with E-state index in [9.17, 15) is 19.2 Å². The third-order valence-electron chi connectivity index (χ3n) is 4.19. The molecule has 9 nitrogen and oxygen atoms in total. The lowest BCUT2D eigenvalue weighted by Gasteiger charge is -2.27. The Kier molecular flexibility index (Phi) is 9.37. The Labute approximate surface area is 166 Å². The van der Waals surface area contributed by atoms with Crippen LogP contribution in [-0.2, 0) is 28.6 Å². The molecule has 160 valence electrons. The molecule has 0 saturated carbocycles. The van der Waals surface area contributed by atoms with Gasteiger partial charge in [-0.1, -0.05) is 0 Å². The van der Waals surface area contributed by atoms with Gasteiger partial charge in [-0.2, -0.15) is 0 Å². The Morgan fingerprint density at radius 2 is 1.86 bits per heavy atom. The summed E-state index contributed by atoms with van der Waals surface area (Å²) in [7, 11) is 1.26. The first-order valence-electron chi connectivity index (χ1n) is 9.51.